The van der Waals surface area contributed by atoms with Crippen LogP contribution in [0.15, 0.2) is 24.3 Å². The lowest BCUT2D eigenvalue weighted by atomic mass is 9.97. The fourth-order valence-electron chi connectivity index (χ4n) is 2.47. The van der Waals surface area contributed by atoms with E-state index in [2.05, 4.69) is 50.4 Å². The molecule has 1 fully saturated rings. The summed E-state index contributed by atoms with van der Waals surface area (Å²) in [6, 6.07) is 9.12. The zero-order valence-corrected chi connectivity index (χ0v) is 11.1. The average Bonchev–Trinajstić information content (AvgIpc) is 2.27. The molecular formula is C15H23NO. The molecule has 0 spiro atoms. The van der Waals surface area contributed by atoms with Crippen molar-refractivity contribution in [1.29, 1.82) is 0 Å². The first kappa shape index (κ1) is 12.6. The highest BCUT2D eigenvalue weighted by atomic mass is 16.5. The molecule has 1 N–H and O–H groups in total. The summed E-state index contributed by atoms with van der Waals surface area (Å²) in [7, 11) is 0. The molecule has 1 saturated heterocycles. The molecule has 94 valence electrons. The van der Waals surface area contributed by atoms with E-state index in [4.69, 9.17) is 4.74 Å². The highest BCUT2D eigenvalue weighted by Gasteiger charge is 2.27. The van der Waals surface area contributed by atoms with E-state index in [1.807, 2.05) is 0 Å². The van der Waals surface area contributed by atoms with Crippen LogP contribution in [0.5, 0.6) is 0 Å². The third-order valence-electron chi connectivity index (χ3n) is 3.40. The van der Waals surface area contributed by atoms with Gasteiger partial charge >= 0.3 is 0 Å². The standard InChI is InChI=1S/C15H23NO/c1-12-6-4-5-7-13(12)8-9-14-10-17-11-15(2,3)16-14/h4-7,14,16H,8-11H2,1-3H3. The molecule has 2 nitrogen and oxygen atoms in total. The van der Waals surface area contributed by atoms with Crippen LogP contribution < -0.4 is 5.32 Å². The number of nitrogens with one attached hydrogen (secondary N) is 1. The normalized spacial score (nSPS) is 23.6. The number of hydrogen-bond acceptors (Lipinski definition) is 2. The fraction of sp³-hybridized carbons (Fsp3) is 0.600. The van der Waals surface area contributed by atoms with Gasteiger partial charge in [0.05, 0.1) is 13.2 Å². The predicted molar refractivity (Wildman–Crippen MR) is 71.3 cm³/mol. The van der Waals surface area contributed by atoms with Gasteiger partial charge in [-0.2, -0.15) is 0 Å². The maximum absolute atomic E-state index is 5.65. The van der Waals surface area contributed by atoms with Gasteiger partial charge in [0.1, 0.15) is 0 Å². The summed E-state index contributed by atoms with van der Waals surface area (Å²) in [6.45, 7) is 8.24. The molecule has 1 heterocycles. The van der Waals surface area contributed by atoms with Crippen LogP contribution in [-0.2, 0) is 11.2 Å². The Morgan fingerprint density at radius 1 is 1.35 bits per heavy atom. The fourth-order valence-corrected chi connectivity index (χ4v) is 2.47. The number of benzene rings is 1. The van der Waals surface area contributed by atoms with Crippen molar-refractivity contribution < 1.29 is 4.74 Å². The number of aryl methyl sites for hydroxylation is 2. The molecule has 0 amide bonds. The van der Waals surface area contributed by atoms with Crippen molar-refractivity contribution in [3.05, 3.63) is 35.4 Å². The third kappa shape index (κ3) is 3.55. The summed E-state index contributed by atoms with van der Waals surface area (Å²) in [5.41, 5.74) is 2.97. The Morgan fingerprint density at radius 2 is 2.12 bits per heavy atom. The third-order valence-corrected chi connectivity index (χ3v) is 3.40. The van der Waals surface area contributed by atoms with Crippen molar-refractivity contribution in [1.82, 2.24) is 5.32 Å². The molecule has 1 aliphatic heterocycles. The molecule has 1 unspecified atom stereocenters. The Hall–Kier alpha value is -0.860. The molecule has 17 heavy (non-hydrogen) atoms. The van der Waals surface area contributed by atoms with Crippen molar-refractivity contribution >= 4 is 0 Å². The van der Waals surface area contributed by atoms with Crippen LogP contribution in [0, 0.1) is 6.92 Å². The molecule has 0 aromatic heterocycles. The summed E-state index contributed by atoms with van der Waals surface area (Å²) in [5.74, 6) is 0. The summed E-state index contributed by atoms with van der Waals surface area (Å²) in [6.07, 6.45) is 2.28. The molecule has 0 saturated carbocycles. The molecule has 1 aromatic rings. The van der Waals surface area contributed by atoms with Crippen LogP contribution in [0.1, 0.15) is 31.4 Å². The van der Waals surface area contributed by atoms with E-state index in [9.17, 15) is 0 Å². The van der Waals surface area contributed by atoms with Gasteiger partial charge in [-0.3, -0.25) is 0 Å². The van der Waals surface area contributed by atoms with Gasteiger partial charge in [0.2, 0.25) is 0 Å². The van der Waals surface area contributed by atoms with Crippen molar-refractivity contribution in [2.75, 3.05) is 13.2 Å². The van der Waals surface area contributed by atoms with Crippen molar-refractivity contribution in [3.8, 4) is 0 Å². The minimum atomic E-state index is 0.120. The van der Waals surface area contributed by atoms with Crippen LogP contribution in [0.25, 0.3) is 0 Å². The second-order valence-corrected chi connectivity index (χ2v) is 5.71. The molecule has 1 atom stereocenters. The second-order valence-electron chi connectivity index (χ2n) is 5.71. The topological polar surface area (TPSA) is 21.3 Å². The van der Waals surface area contributed by atoms with E-state index in [1.165, 1.54) is 11.1 Å². The van der Waals surface area contributed by atoms with Crippen LogP contribution in [0.2, 0.25) is 0 Å². The van der Waals surface area contributed by atoms with Crippen LogP contribution in [0.3, 0.4) is 0 Å². The Balaban J connectivity index is 1.88. The van der Waals surface area contributed by atoms with Crippen LogP contribution in [-0.4, -0.2) is 24.8 Å². The summed E-state index contributed by atoms with van der Waals surface area (Å²) in [5, 5.41) is 3.66. The lowest BCUT2D eigenvalue weighted by molar-refractivity contribution is 0.0113. The van der Waals surface area contributed by atoms with Gasteiger partial charge in [-0.1, -0.05) is 24.3 Å². The first-order valence-electron chi connectivity index (χ1n) is 6.47. The molecule has 2 heteroatoms. The summed E-state index contributed by atoms with van der Waals surface area (Å²) >= 11 is 0. The van der Waals surface area contributed by atoms with Crippen molar-refractivity contribution in [2.45, 2.75) is 45.2 Å². The van der Waals surface area contributed by atoms with Gasteiger partial charge in [-0.25, -0.2) is 0 Å². The zero-order chi connectivity index (χ0) is 12.3. The van der Waals surface area contributed by atoms with Crippen molar-refractivity contribution in [3.63, 3.8) is 0 Å². The number of morpholine rings is 1. The molecule has 0 bridgehead atoms. The molecule has 2 rings (SSSR count). The summed E-state index contributed by atoms with van der Waals surface area (Å²) in [4.78, 5) is 0. The molecule has 1 aromatic carbocycles. The maximum Gasteiger partial charge on any atom is 0.0643 e. The first-order valence-corrected chi connectivity index (χ1v) is 6.47. The van der Waals surface area contributed by atoms with Crippen LogP contribution >= 0.6 is 0 Å². The maximum atomic E-state index is 5.65. The number of hydrogen-bond donors (Lipinski definition) is 1. The van der Waals surface area contributed by atoms with E-state index in [1.54, 1.807) is 0 Å². The molecule has 1 aliphatic rings. The van der Waals surface area contributed by atoms with E-state index in [-0.39, 0.29) is 5.54 Å². The first-order chi connectivity index (χ1) is 8.07. The Bertz CT molecular complexity index is 373. The largest absolute Gasteiger partial charge is 0.378 e. The van der Waals surface area contributed by atoms with Crippen LogP contribution in [0.4, 0.5) is 0 Å². The number of rotatable bonds is 3. The van der Waals surface area contributed by atoms with Gasteiger partial charge in [0.25, 0.3) is 0 Å². The SMILES string of the molecule is Cc1ccccc1CCC1COCC(C)(C)N1. The van der Waals surface area contributed by atoms with Gasteiger partial charge < -0.3 is 10.1 Å². The molecule has 0 aliphatic carbocycles. The molecule has 0 radical (unpaired) electrons. The Kier molecular flexibility index (Phi) is 3.85. The van der Waals surface area contributed by atoms with E-state index < -0.39 is 0 Å². The zero-order valence-electron chi connectivity index (χ0n) is 11.1. The highest BCUT2D eigenvalue weighted by molar-refractivity contribution is 5.25. The highest BCUT2D eigenvalue weighted by Crippen LogP contribution is 2.16. The van der Waals surface area contributed by atoms with E-state index >= 15 is 0 Å². The van der Waals surface area contributed by atoms with Gasteiger partial charge in [-0.15, -0.1) is 0 Å². The lowest BCUT2D eigenvalue weighted by Crippen LogP contribution is -2.55. The Morgan fingerprint density at radius 3 is 2.82 bits per heavy atom. The smallest absolute Gasteiger partial charge is 0.0643 e. The second kappa shape index (κ2) is 5.19. The van der Waals surface area contributed by atoms with Crippen molar-refractivity contribution in [2.24, 2.45) is 0 Å². The average molecular weight is 233 g/mol. The van der Waals surface area contributed by atoms with E-state index in [0.29, 0.717) is 6.04 Å². The monoisotopic (exact) mass is 233 g/mol. The summed E-state index contributed by atoms with van der Waals surface area (Å²) < 4.78 is 5.65. The van der Waals surface area contributed by atoms with Gasteiger partial charge in [-0.05, 0) is 44.7 Å². The molecular weight excluding hydrogens is 210 g/mol. The van der Waals surface area contributed by atoms with E-state index in [0.717, 1.165) is 26.1 Å². The van der Waals surface area contributed by atoms with Gasteiger partial charge in [0, 0.05) is 11.6 Å². The minimum absolute atomic E-state index is 0.120. The minimum Gasteiger partial charge on any atom is -0.378 e. The lowest BCUT2D eigenvalue weighted by Gasteiger charge is -2.37. The quantitative estimate of drug-likeness (QED) is 0.866. The predicted octanol–water partition coefficient (Wildman–Crippen LogP) is 2.69. The number of ether oxygens (including phenoxy) is 1. The van der Waals surface area contributed by atoms with Gasteiger partial charge in [0.15, 0.2) is 0 Å². The Labute approximate surface area is 104 Å².